The number of methoxy groups -OCH3 is 1. The number of nitrogens with zero attached hydrogens (tertiary/aromatic N) is 1. The molecule has 24 heavy (non-hydrogen) atoms. The molecule has 1 amide bonds. The molecule has 0 aliphatic rings. The Labute approximate surface area is 148 Å². The van der Waals surface area contributed by atoms with Crippen LogP contribution in [0.2, 0.25) is 0 Å². The molecule has 122 valence electrons. The highest BCUT2D eigenvalue weighted by atomic mass is 79.9. The number of rotatable bonds is 4. The predicted molar refractivity (Wildman–Crippen MR) is 95.8 cm³/mol. The number of anilines is 1. The standard InChI is InChI=1S/C18H15BrN2O3/c1-11-5-3-4-6-15(11)21-18(23)13(10-20)7-12-8-17(24-2)16(22)9-14(12)19/h3-9,22H,1-2H3,(H,21,23)/b13-7-. The quantitative estimate of drug-likeness (QED) is 0.613. The maximum absolute atomic E-state index is 12.3. The van der Waals surface area contributed by atoms with E-state index in [0.29, 0.717) is 15.7 Å². The zero-order valence-corrected chi connectivity index (χ0v) is 14.7. The van der Waals surface area contributed by atoms with Crippen LogP contribution in [0.5, 0.6) is 11.5 Å². The first-order valence-electron chi connectivity index (χ1n) is 7.01. The van der Waals surface area contributed by atoms with E-state index in [2.05, 4.69) is 21.2 Å². The molecule has 0 aliphatic carbocycles. The van der Waals surface area contributed by atoms with Crippen molar-refractivity contribution in [3.63, 3.8) is 0 Å². The van der Waals surface area contributed by atoms with Crippen molar-refractivity contribution >= 4 is 33.6 Å². The number of carbonyl (C=O) groups is 1. The third kappa shape index (κ3) is 3.94. The van der Waals surface area contributed by atoms with Gasteiger partial charge in [-0.3, -0.25) is 4.79 Å². The maximum Gasteiger partial charge on any atom is 0.266 e. The number of hydrogen-bond donors (Lipinski definition) is 2. The summed E-state index contributed by atoms with van der Waals surface area (Å²) in [4.78, 5) is 12.3. The van der Waals surface area contributed by atoms with Crippen LogP contribution in [0.4, 0.5) is 5.69 Å². The maximum atomic E-state index is 12.3. The number of amides is 1. The second kappa shape index (κ2) is 7.66. The van der Waals surface area contributed by atoms with Gasteiger partial charge in [0.2, 0.25) is 0 Å². The van der Waals surface area contributed by atoms with Gasteiger partial charge in [0.25, 0.3) is 5.91 Å². The van der Waals surface area contributed by atoms with Gasteiger partial charge in [-0.15, -0.1) is 0 Å². The summed E-state index contributed by atoms with van der Waals surface area (Å²) in [6.07, 6.45) is 1.43. The molecule has 0 saturated carbocycles. The van der Waals surface area contributed by atoms with Crippen molar-refractivity contribution in [3.05, 3.63) is 57.6 Å². The molecule has 5 nitrogen and oxygen atoms in total. The number of carbonyl (C=O) groups excluding carboxylic acids is 1. The van der Waals surface area contributed by atoms with Crippen LogP contribution >= 0.6 is 15.9 Å². The fraction of sp³-hybridized carbons (Fsp3) is 0.111. The van der Waals surface area contributed by atoms with E-state index < -0.39 is 5.91 Å². The topological polar surface area (TPSA) is 82.3 Å². The zero-order chi connectivity index (χ0) is 17.7. The van der Waals surface area contributed by atoms with E-state index in [4.69, 9.17) is 4.74 Å². The van der Waals surface area contributed by atoms with Crippen molar-refractivity contribution in [1.82, 2.24) is 0 Å². The van der Waals surface area contributed by atoms with Crippen LogP contribution in [-0.2, 0) is 4.79 Å². The Kier molecular flexibility index (Phi) is 5.61. The van der Waals surface area contributed by atoms with E-state index in [0.717, 1.165) is 5.56 Å². The van der Waals surface area contributed by atoms with E-state index in [1.54, 1.807) is 12.1 Å². The highest BCUT2D eigenvalue weighted by Crippen LogP contribution is 2.33. The van der Waals surface area contributed by atoms with Crippen LogP contribution in [0.15, 0.2) is 46.4 Å². The van der Waals surface area contributed by atoms with Gasteiger partial charge in [0.05, 0.1) is 7.11 Å². The molecule has 2 aromatic rings. The van der Waals surface area contributed by atoms with Crippen LogP contribution in [0.3, 0.4) is 0 Å². The van der Waals surface area contributed by atoms with Gasteiger partial charge in [0, 0.05) is 10.2 Å². The number of nitriles is 1. The lowest BCUT2D eigenvalue weighted by Crippen LogP contribution is -2.14. The molecule has 0 saturated heterocycles. The van der Waals surface area contributed by atoms with Crippen molar-refractivity contribution in [2.45, 2.75) is 6.92 Å². The van der Waals surface area contributed by atoms with Crippen molar-refractivity contribution in [3.8, 4) is 17.6 Å². The number of phenols is 1. The molecule has 2 rings (SSSR count). The fourth-order valence-electron chi connectivity index (χ4n) is 2.04. The Morgan fingerprint density at radius 1 is 1.38 bits per heavy atom. The molecule has 0 heterocycles. The van der Waals surface area contributed by atoms with Gasteiger partial charge in [-0.05, 0) is 42.3 Å². The molecular formula is C18H15BrN2O3. The highest BCUT2D eigenvalue weighted by Gasteiger charge is 2.13. The number of para-hydroxylation sites is 1. The Hall–Kier alpha value is -2.78. The molecule has 0 radical (unpaired) electrons. The number of ether oxygens (including phenoxy) is 1. The molecule has 0 aliphatic heterocycles. The lowest BCUT2D eigenvalue weighted by atomic mass is 10.1. The number of hydrogen-bond acceptors (Lipinski definition) is 4. The molecule has 0 bridgehead atoms. The Bertz CT molecular complexity index is 854. The van der Waals surface area contributed by atoms with Crippen LogP contribution in [-0.4, -0.2) is 18.1 Å². The molecular weight excluding hydrogens is 372 g/mol. The summed E-state index contributed by atoms with van der Waals surface area (Å²) in [6.45, 7) is 1.87. The summed E-state index contributed by atoms with van der Waals surface area (Å²) < 4.78 is 5.58. The number of aryl methyl sites for hydroxylation is 1. The van der Waals surface area contributed by atoms with Crippen LogP contribution in [0, 0.1) is 18.3 Å². The van der Waals surface area contributed by atoms with Gasteiger partial charge in [-0.2, -0.15) is 5.26 Å². The molecule has 6 heteroatoms. The van der Waals surface area contributed by atoms with Gasteiger partial charge < -0.3 is 15.2 Å². The van der Waals surface area contributed by atoms with Crippen LogP contribution < -0.4 is 10.1 Å². The summed E-state index contributed by atoms with van der Waals surface area (Å²) in [7, 11) is 1.42. The van der Waals surface area contributed by atoms with E-state index in [1.807, 2.05) is 25.1 Å². The van der Waals surface area contributed by atoms with E-state index in [9.17, 15) is 15.2 Å². The predicted octanol–water partition coefficient (Wildman–Crippen LogP) is 4.02. The molecule has 0 aromatic heterocycles. The first-order chi connectivity index (χ1) is 11.5. The summed E-state index contributed by atoms with van der Waals surface area (Å²) in [6, 6.07) is 12.2. The minimum absolute atomic E-state index is 0.0376. The van der Waals surface area contributed by atoms with Gasteiger partial charge >= 0.3 is 0 Å². The summed E-state index contributed by atoms with van der Waals surface area (Å²) in [5, 5.41) is 21.7. The average Bonchev–Trinajstić information content (AvgIpc) is 2.56. The first-order valence-corrected chi connectivity index (χ1v) is 7.81. The first kappa shape index (κ1) is 17.6. The number of nitrogens with one attached hydrogen (secondary N) is 1. The minimum Gasteiger partial charge on any atom is -0.504 e. The molecule has 0 atom stereocenters. The van der Waals surface area contributed by atoms with Crippen LogP contribution in [0.25, 0.3) is 6.08 Å². The van der Waals surface area contributed by atoms with Gasteiger partial charge in [-0.25, -0.2) is 0 Å². The second-order valence-electron chi connectivity index (χ2n) is 4.98. The summed E-state index contributed by atoms with van der Waals surface area (Å²) >= 11 is 3.29. The number of phenolic OH excluding ortho intramolecular Hbond substituents is 1. The lowest BCUT2D eigenvalue weighted by Gasteiger charge is -2.09. The summed E-state index contributed by atoms with van der Waals surface area (Å²) in [5.41, 5.74) is 2.02. The average molecular weight is 387 g/mol. The minimum atomic E-state index is -0.509. The largest absolute Gasteiger partial charge is 0.504 e. The molecule has 0 fully saturated rings. The van der Waals surface area contributed by atoms with Crippen molar-refractivity contribution in [2.75, 3.05) is 12.4 Å². The SMILES string of the molecule is COc1cc(/C=C(/C#N)C(=O)Nc2ccccc2C)c(Br)cc1O. The number of benzene rings is 2. The van der Waals surface area contributed by atoms with Gasteiger partial charge in [0.15, 0.2) is 11.5 Å². The molecule has 2 aromatic carbocycles. The molecule has 0 unspecified atom stereocenters. The van der Waals surface area contributed by atoms with Gasteiger partial charge in [0.1, 0.15) is 11.6 Å². The Morgan fingerprint density at radius 3 is 2.71 bits per heavy atom. The monoisotopic (exact) mass is 386 g/mol. The van der Waals surface area contributed by atoms with Crippen molar-refractivity contribution in [1.29, 1.82) is 5.26 Å². The fourth-order valence-corrected chi connectivity index (χ4v) is 2.49. The Morgan fingerprint density at radius 2 is 2.08 bits per heavy atom. The third-order valence-corrected chi connectivity index (χ3v) is 4.04. The van der Waals surface area contributed by atoms with E-state index in [1.165, 1.54) is 25.3 Å². The molecule has 2 N–H and O–H groups in total. The number of aromatic hydroxyl groups is 1. The van der Waals surface area contributed by atoms with E-state index in [-0.39, 0.29) is 17.1 Å². The third-order valence-electron chi connectivity index (χ3n) is 3.36. The van der Waals surface area contributed by atoms with Gasteiger partial charge in [-0.1, -0.05) is 34.1 Å². The van der Waals surface area contributed by atoms with E-state index >= 15 is 0 Å². The lowest BCUT2D eigenvalue weighted by molar-refractivity contribution is -0.112. The number of halogens is 1. The smallest absolute Gasteiger partial charge is 0.266 e. The van der Waals surface area contributed by atoms with Crippen molar-refractivity contribution in [2.24, 2.45) is 0 Å². The molecule has 0 spiro atoms. The second-order valence-corrected chi connectivity index (χ2v) is 5.84. The normalized spacial score (nSPS) is 10.8. The summed E-state index contributed by atoms with van der Waals surface area (Å²) in [5.74, 6) is -0.295. The Balaban J connectivity index is 2.34. The zero-order valence-electron chi connectivity index (χ0n) is 13.1. The highest BCUT2D eigenvalue weighted by molar-refractivity contribution is 9.10. The van der Waals surface area contributed by atoms with Crippen molar-refractivity contribution < 1.29 is 14.6 Å². The van der Waals surface area contributed by atoms with Crippen LogP contribution in [0.1, 0.15) is 11.1 Å².